The van der Waals surface area contributed by atoms with Crippen molar-refractivity contribution in [2.45, 2.75) is 19.3 Å². The van der Waals surface area contributed by atoms with Crippen LogP contribution in [0.1, 0.15) is 12.5 Å². The third kappa shape index (κ3) is 2.30. The minimum atomic E-state index is -2.99. The second-order valence-electron chi connectivity index (χ2n) is 4.70. The van der Waals surface area contributed by atoms with Crippen LogP contribution in [0.15, 0.2) is 24.3 Å². The van der Waals surface area contributed by atoms with E-state index in [1.165, 1.54) is 11.8 Å². The molecule has 1 heterocycles. The lowest BCUT2D eigenvalue weighted by atomic mass is 10.2. The van der Waals surface area contributed by atoms with E-state index in [-0.39, 0.29) is 11.7 Å². The fourth-order valence-corrected chi connectivity index (χ4v) is 4.30. The van der Waals surface area contributed by atoms with Crippen LogP contribution >= 0.6 is 7.52 Å². The van der Waals surface area contributed by atoms with Crippen LogP contribution in [-0.2, 0) is 15.6 Å². The predicted molar refractivity (Wildman–Crippen MR) is 78.1 cm³/mol. The lowest BCUT2D eigenvalue weighted by Crippen LogP contribution is -2.32. The fraction of sp³-hybridized carbons (Fsp3) is 0.462. The van der Waals surface area contributed by atoms with Crippen LogP contribution in [0.2, 0.25) is 0 Å². The molecule has 1 aromatic carbocycles. The van der Waals surface area contributed by atoms with E-state index in [0.29, 0.717) is 6.54 Å². The molecular formula is C13H20N3O3P. The van der Waals surface area contributed by atoms with E-state index in [4.69, 9.17) is 14.7 Å². The van der Waals surface area contributed by atoms with Crippen LogP contribution in [-0.4, -0.2) is 42.6 Å². The third-order valence-corrected chi connectivity index (χ3v) is 6.47. The van der Waals surface area contributed by atoms with Crippen molar-refractivity contribution in [2.24, 2.45) is 0 Å². The van der Waals surface area contributed by atoms with Crippen molar-refractivity contribution >= 4 is 13.5 Å². The number of nitrogens with one attached hydrogen (secondary N) is 1. The smallest absolute Gasteiger partial charge is 0.319 e. The molecule has 20 heavy (non-hydrogen) atoms. The van der Waals surface area contributed by atoms with Crippen molar-refractivity contribution in [2.75, 3.05) is 21.3 Å². The highest BCUT2D eigenvalue weighted by Gasteiger charge is 2.48. The van der Waals surface area contributed by atoms with Crippen LogP contribution < -0.4 is 4.74 Å². The molecule has 0 aliphatic carbocycles. The minimum Gasteiger partial charge on any atom is -0.497 e. The van der Waals surface area contributed by atoms with Gasteiger partial charge in [0.2, 0.25) is 5.96 Å². The first-order valence-corrected chi connectivity index (χ1v) is 7.96. The molecule has 2 rings (SSSR count). The van der Waals surface area contributed by atoms with E-state index >= 15 is 0 Å². The quantitative estimate of drug-likeness (QED) is 0.865. The van der Waals surface area contributed by atoms with Crippen LogP contribution in [0.5, 0.6) is 5.75 Å². The lowest BCUT2D eigenvalue weighted by Gasteiger charge is -2.22. The Labute approximate surface area is 119 Å². The first-order chi connectivity index (χ1) is 9.43. The second kappa shape index (κ2) is 5.46. The zero-order valence-corrected chi connectivity index (χ0v) is 13.1. The highest BCUT2D eigenvalue weighted by Crippen LogP contribution is 2.59. The van der Waals surface area contributed by atoms with E-state index < -0.39 is 7.52 Å². The average Bonchev–Trinajstić information content (AvgIpc) is 2.64. The summed E-state index contributed by atoms with van der Waals surface area (Å²) in [4.78, 5) is 1.78. The zero-order chi connectivity index (χ0) is 14.9. The summed E-state index contributed by atoms with van der Waals surface area (Å²) in [6, 6.07) is 7.63. The monoisotopic (exact) mass is 297 g/mol. The number of nitrogens with zero attached hydrogens (tertiary/aromatic N) is 2. The number of benzene rings is 1. The molecule has 7 heteroatoms. The predicted octanol–water partition coefficient (Wildman–Crippen LogP) is 2.56. The summed E-state index contributed by atoms with van der Waals surface area (Å²) in [6.45, 7) is 2.34. The van der Waals surface area contributed by atoms with Crippen LogP contribution in [0.3, 0.4) is 0 Å². The first-order valence-electron chi connectivity index (χ1n) is 6.32. The average molecular weight is 297 g/mol. The Morgan fingerprint density at radius 2 is 1.90 bits per heavy atom. The largest absolute Gasteiger partial charge is 0.497 e. The molecule has 110 valence electrons. The summed E-state index contributed by atoms with van der Waals surface area (Å²) in [5.74, 6) is 0.670. The van der Waals surface area contributed by atoms with Crippen molar-refractivity contribution in [3.05, 3.63) is 29.8 Å². The van der Waals surface area contributed by atoms with Gasteiger partial charge in [0.05, 0.1) is 7.11 Å². The molecule has 0 amide bonds. The Balaban J connectivity index is 2.20. The van der Waals surface area contributed by atoms with Crippen molar-refractivity contribution in [3.63, 3.8) is 0 Å². The summed E-state index contributed by atoms with van der Waals surface area (Å²) in [5.41, 5.74) is 1.03. The van der Waals surface area contributed by atoms with Gasteiger partial charge in [0.25, 0.3) is 0 Å². The molecule has 0 saturated carbocycles. The van der Waals surface area contributed by atoms with Gasteiger partial charge in [0.1, 0.15) is 11.5 Å². The maximum atomic E-state index is 12.7. The van der Waals surface area contributed by atoms with Crippen LogP contribution in [0.4, 0.5) is 0 Å². The first kappa shape index (κ1) is 14.9. The Morgan fingerprint density at radius 1 is 1.30 bits per heavy atom. The molecule has 6 nitrogen and oxygen atoms in total. The molecule has 1 fully saturated rings. The van der Waals surface area contributed by atoms with Crippen molar-refractivity contribution in [1.29, 1.82) is 5.41 Å². The van der Waals surface area contributed by atoms with Crippen molar-refractivity contribution < 1.29 is 13.8 Å². The molecule has 2 unspecified atom stereocenters. The molecule has 1 aromatic rings. The number of guanidine groups is 1. The van der Waals surface area contributed by atoms with E-state index in [1.807, 2.05) is 31.2 Å². The molecule has 0 spiro atoms. The Morgan fingerprint density at radius 3 is 2.35 bits per heavy atom. The zero-order valence-electron chi connectivity index (χ0n) is 12.2. The lowest BCUT2D eigenvalue weighted by molar-refractivity contribution is 0.338. The highest BCUT2D eigenvalue weighted by atomic mass is 31.2. The number of methoxy groups -OCH3 is 1. The molecule has 1 aliphatic rings. The fourth-order valence-electron chi connectivity index (χ4n) is 2.33. The van der Waals surface area contributed by atoms with E-state index in [0.717, 1.165) is 11.3 Å². The minimum absolute atomic E-state index is 0.221. The van der Waals surface area contributed by atoms with Gasteiger partial charge in [-0.05, 0) is 24.6 Å². The van der Waals surface area contributed by atoms with Gasteiger partial charge < -0.3 is 14.2 Å². The number of rotatable bonds is 4. The Kier molecular flexibility index (Phi) is 4.06. The van der Waals surface area contributed by atoms with Gasteiger partial charge >= 0.3 is 7.52 Å². The van der Waals surface area contributed by atoms with Crippen molar-refractivity contribution in [3.8, 4) is 5.75 Å². The topological polar surface area (TPSA) is 65.9 Å². The van der Waals surface area contributed by atoms with E-state index in [9.17, 15) is 4.57 Å². The number of hydrogen-bond donors (Lipinski definition) is 1. The third-order valence-electron chi connectivity index (χ3n) is 3.69. The van der Waals surface area contributed by atoms with Crippen LogP contribution in [0, 0.1) is 5.41 Å². The van der Waals surface area contributed by atoms with Crippen LogP contribution in [0.25, 0.3) is 0 Å². The molecule has 2 atom stereocenters. The summed E-state index contributed by atoms with van der Waals surface area (Å²) in [7, 11) is 1.70. The van der Waals surface area contributed by atoms with Gasteiger partial charge in [-0.3, -0.25) is 14.6 Å². The van der Waals surface area contributed by atoms with Gasteiger partial charge in [0, 0.05) is 20.7 Å². The molecule has 0 radical (unpaired) electrons. The molecule has 1 aliphatic heterocycles. The molecule has 0 aromatic heterocycles. The molecule has 0 bridgehead atoms. The Hall–Kier alpha value is -1.52. The van der Waals surface area contributed by atoms with Crippen molar-refractivity contribution in [1.82, 2.24) is 9.57 Å². The summed E-state index contributed by atoms with van der Waals surface area (Å²) >= 11 is 0. The van der Waals surface area contributed by atoms with Gasteiger partial charge in [-0.15, -0.1) is 0 Å². The van der Waals surface area contributed by atoms with Gasteiger partial charge in [-0.2, -0.15) is 0 Å². The molecular weight excluding hydrogens is 277 g/mol. The molecule has 1 saturated heterocycles. The van der Waals surface area contributed by atoms with Gasteiger partial charge in [-0.1, -0.05) is 12.1 Å². The maximum Gasteiger partial charge on any atom is 0.319 e. The molecule has 1 N–H and O–H groups in total. The SMILES string of the molecule is COc1ccc(CN2C(=N)N(C)P(=O)(OC)C2C)cc1. The van der Waals surface area contributed by atoms with E-state index in [1.54, 1.807) is 19.1 Å². The summed E-state index contributed by atoms with van der Waals surface area (Å²) in [5, 5.41) is 8.10. The Bertz CT molecular complexity index is 546. The normalized spacial score (nSPS) is 26.2. The second-order valence-corrected chi connectivity index (χ2v) is 7.54. The van der Waals surface area contributed by atoms with Gasteiger partial charge in [0.15, 0.2) is 0 Å². The van der Waals surface area contributed by atoms with Gasteiger partial charge in [-0.25, -0.2) is 0 Å². The number of hydrogen-bond acceptors (Lipinski definition) is 4. The maximum absolute atomic E-state index is 12.7. The standard InChI is InChI=1S/C13H20N3O3P/c1-10-16(13(14)15(2)20(10,17)19-4)9-11-5-7-12(18-3)8-6-11/h5-8,10,14H,9H2,1-4H3. The highest BCUT2D eigenvalue weighted by molar-refractivity contribution is 7.58. The van der Waals surface area contributed by atoms with E-state index in [2.05, 4.69) is 0 Å². The summed E-state index contributed by atoms with van der Waals surface area (Å²) < 4.78 is 24.4. The number of ether oxygens (including phenoxy) is 1. The summed E-state index contributed by atoms with van der Waals surface area (Å²) in [6.07, 6.45) is 0.